The molecule has 0 aliphatic carbocycles. The first-order valence-electron chi connectivity index (χ1n) is 5.04. The van der Waals surface area contributed by atoms with Crippen LogP contribution in [0.15, 0.2) is 34.8 Å². The molecule has 0 aromatic heterocycles. The molecule has 2 aromatic carbocycles. The van der Waals surface area contributed by atoms with Gasteiger partial charge in [-0.25, -0.2) is 0 Å². The topological polar surface area (TPSA) is 35.2 Å². The van der Waals surface area contributed by atoms with Crippen LogP contribution in [-0.2, 0) is 0 Å². The van der Waals surface area contributed by atoms with Gasteiger partial charge in [-0.05, 0) is 23.6 Å². The summed E-state index contributed by atoms with van der Waals surface area (Å²) in [5, 5.41) is 1.50. The highest BCUT2D eigenvalue weighted by Gasteiger charge is 2.28. The summed E-state index contributed by atoms with van der Waals surface area (Å²) in [6, 6.07) is 8.51. The van der Waals surface area contributed by atoms with E-state index in [1.807, 2.05) is 12.1 Å². The van der Waals surface area contributed by atoms with E-state index in [2.05, 4.69) is 20.7 Å². The molecule has 0 saturated heterocycles. The highest BCUT2D eigenvalue weighted by Crippen LogP contribution is 2.33. The Hall–Kier alpha value is -1.43. The van der Waals surface area contributed by atoms with Crippen molar-refractivity contribution < 1.29 is 17.9 Å². The van der Waals surface area contributed by atoms with Crippen LogP contribution in [0.3, 0.4) is 0 Å². The zero-order valence-electron chi connectivity index (χ0n) is 9.09. The molecule has 6 heteroatoms. The molecule has 0 aliphatic rings. The van der Waals surface area contributed by atoms with E-state index in [4.69, 9.17) is 5.73 Å². The fraction of sp³-hybridized carbons (Fsp3) is 0.167. The van der Waals surface area contributed by atoms with Gasteiger partial charge in [-0.2, -0.15) is 13.2 Å². The van der Waals surface area contributed by atoms with Crippen LogP contribution < -0.4 is 10.5 Å². The third kappa shape index (κ3) is 2.87. The molecule has 0 aliphatic heterocycles. The molecule has 2 aromatic rings. The Bertz CT molecular complexity index is 583. The Kier molecular flexibility index (Phi) is 3.38. The predicted molar refractivity (Wildman–Crippen MR) is 67.6 cm³/mol. The van der Waals surface area contributed by atoms with Crippen LogP contribution in [0.25, 0.3) is 10.8 Å². The molecule has 0 radical (unpaired) electrons. The van der Waals surface area contributed by atoms with E-state index in [1.165, 1.54) is 6.07 Å². The van der Waals surface area contributed by atoms with Crippen molar-refractivity contribution >= 4 is 32.4 Å². The van der Waals surface area contributed by atoms with Crippen molar-refractivity contribution in [1.82, 2.24) is 0 Å². The maximum absolute atomic E-state index is 12.1. The second kappa shape index (κ2) is 4.68. The van der Waals surface area contributed by atoms with Crippen LogP contribution in [-0.4, -0.2) is 12.8 Å². The quantitative estimate of drug-likeness (QED) is 0.845. The van der Waals surface area contributed by atoms with Gasteiger partial charge in [-0.15, -0.1) is 0 Å². The maximum atomic E-state index is 12.1. The first-order chi connectivity index (χ1) is 8.37. The number of alkyl halides is 3. The van der Waals surface area contributed by atoms with Crippen molar-refractivity contribution in [1.29, 1.82) is 0 Å². The third-order valence-corrected chi connectivity index (χ3v) is 2.87. The maximum Gasteiger partial charge on any atom is 0.422 e. The third-order valence-electron chi connectivity index (χ3n) is 2.38. The number of nitrogens with two attached hydrogens (primary N) is 1. The molecule has 2 nitrogen and oxygen atoms in total. The normalized spacial score (nSPS) is 11.8. The first-order valence-corrected chi connectivity index (χ1v) is 5.83. The van der Waals surface area contributed by atoms with Crippen LogP contribution in [0.2, 0.25) is 0 Å². The zero-order valence-corrected chi connectivity index (χ0v) is 10.7. The SMILES string of the molecule is Nc1c(OCC(F)(F)F)ccc2ccc(Br)cc12. The predicted octanol–water partition coefficient (Wildman–Crippen LogP) is 4.13. The van der Waals surface area contributed by atoms with Crippen LogP contribution in [0, 0.1) is 0 Å². The zero-order chi connectivity index (χ0) is 13.3. The Morgan fingerprint density at radius 3 is 2.50 bits per heavy atom. The van der Waals surface area contributed by atoms with Gasteiger partial charge in [0.05, 0.1) is 5.69 Å². The van der Waals surface area contributed by atoms with Gasteiger partial charge < -0.3 is 10.5 Å². The Morgan fingerprint density at radius 2 is 1.83 bits per heavy atom. The highest BCUT2D eigenvalue weighted by molar-refractivity contribution is 9.10. The summed E-state index contributed by atoms with van der Waals surface area (Å²) in [5.74, 6) is 0.0397. The molecule has 0 amide bonds. The number of fused-ring (bicyclic) bond motifs is 1. The van der Waals surface area contributed by atoms with Crippen LogP contribution in [0.4, 0.5) is 18.9 Å². The van der Waals surface area contributed by atoms with Crippen LogP contribution >= 0.6 is 15.9 Å². The van der Waals surface area contributed by atoms with Crippen LogP contribution in [0.5, 0.6) is 5.75 Å². The molecule has 0 spiro atoms. The summed E-state index contributed by atoms with van der Waals surface area (Å²) in [7, 11) is 0. The van der Waals surface area contributed by atoms with Crippen molar-refractivity contribution in [2.45, 2.75) is 6.18 Å². The summed E-state index contributed by atoms with van der Waals surface area (Å²) in [5.41, 5.74) is 6.01. The highest BCUT2D eigenvalue weighted by atomic mass is 79.9. The smallest absolute Gasteiger partial charge is 0.422 e. The standard InChI is InChI=1S/C12H9BrF3NO/c13-8-3-1-7-2-4-10(11(17)9(7)5-8)18-6-12(14,15)16/h1-5H,6,17H2. The fourth-order valence-electron chi connectivity index (χ4n) is 1.58. The van der Waals surface area contributed by atoms with E-state index < -0.39 is 12.8 Å². The summed E-state index contributed by atoms with van der Waals surface area (Å²) in [4.78, 5) is 0. The molecule has 2 N–H and O–H groups in total. The number of halogens is 4. The molecule has 0 fully saturated rings. The lowest BCUT2D eigenvalue weighted by Gasteiger charge is -2.12. The largest absolute Gasteiger partial charge is 0.482 e. The first kappa shape index (κ1) is 13.0. The van der Waals surface area contributed by atoms with E-state index in [0.29, 0.717) is 5.39 Å². The van der Waals surface area contributed by atoms with E-state index in [-0.39, 0.29) is 11.4 Å². The molecular formula is C12H9BrF3NO. The number of benzene rings is 2. The van der Waals surface area contributed by atoms with Gasteiger partial charge in [-0.3, -0.25) is 0 Å². The lowest BCUT2D eigenvalue weighted by Crippen LogP contribution is -2.19. The molecule has 0 saturated carbocycles. The number of anilines is 1. The Labute approximate surface area is 110 Å². The van der Waals surface area contributed by atoms with Crippen LogP contribution in [0.1, 0.15) is 0 Å². The lowest BCUT2D eigenvalue weighted by atomic mass is 10.1. The number of hydrogen-bond acceptors (Lipinski definition) is 2. The molecule has 18 heavy (non-hydrogen) atoms. The summed E-state index contributed by atoms with van der Waals surface area (Å²) < 4.78 is 41.7. The minimum atomic E-state index is -4.38. The second-order valence-corrected chi connectivity index (χ2v) is 4.66. The number of ether oxygens (including phenoxy) is 1. The molecule has 0 heterocycles. The summed E-state index contributed by atoms with van der Waals surface area (Å²) in [6.07, 6.45) is -4.38. The van der Waals surface area contributed by atoms with E-state index in [0.717, 1.165) is 9.86 Å². The minimum absolute atomic E-state index is 0.0397. The molecule has 0 unspecified atom stereocenters. The number of hydrogen-bond donors (Lipinski definition) is 1. The molecule has 2 rings (SSSR count). The van der Waals surface area contributed by atoms with Gasteiger partial charge in [-0.1, -0.05) is 28.1 Å². The Balaban J connectivity index is 2.38. The van der Waals surface area contributed by atoms with E-state index in [9.17, 15) is 13.2 Å². The van der Waals surface area contributed by atoms with Gasteiger partial charge in [0.1, 0.15) is 5.75 Å². The molecule has 96 valence electrons. The average Bonchev–Trinajstić information content (AvgIpc) is 2.28. The van der Waals surface area contributed by atoms with Gasteiger partial charge in [0, 0.05) is 9.86 Å². The summed E-state index contributed by atoms with van der Waals surface area (Å²) in [6.45, 7) is -1.35. The number of nitrogen functional groups attached to an aromatic ring is 1. The van der Waals surface area contributed by atoms with Crippen molar-refractivity contribution in [2.24, 2.45) is 0 Å². The fourth-order valence-corrected chi connectivity index (χ4v) is 1.94. The van der Waals surface area contributed by atoms with Gasteiger partial charge >= 0.3 is 6.18 Å². The molecule has 0 bridgehead atoms. The Morgan fingerprint density at radius 1 is 1.17 bits per heavy atom. The van der Waals surface area contributed by atoms with Crippen molar-refractivity contribution in [3.05, 3.63) is 34.8 Å². The van der Waals surface area contributed by atoms with Crippen molar-refractivity contribution in [3.63, 3.8) is 0 Å². The van der Waals surface area contributed by atoms with E-state index in [1.54, 1.807) is 12.1 Å². The monoisotopic (exact) mass is 319 g/mol. The lowest BCUT2D eigenvalue weighted by molar-refractivity contribution is -0.153. The van der Waals surface area contributed by atoms with Gasteiger partial charge in [0.15, 0.2) is 6.61 Å². The second-order valence-electron chi connectivity index (χ2n) is 3.75. The molecule has 0 atom stereocenters. The van der Waals surface area contributed by atoms with Crippen molar-refractivity contribution in [3.8, 4) is 5.75 Å². The molecular weight excluding hydrogens is 311 g/mol. The van der Waals surface area contributed by atoms with E-state index >= 15 is 0 Å². The average molecular weight is 320 g/mol. The van der Waals surface area contributed by atoms with Crippen molar-refractivity contribution in [2.75, 3.05) is 12.3 Å². The number of rotatable bonds is 2. The van der Waals surface area contributed by atoms with Gasteiger partial charge in [0.2, 0.25) is 0 Å². The minimum Gasteiger partial charge on any atom is -0.482 e. The summed E-state index contributed by atoms with van der Waals surface area (Å²) >= 11 is 3.29. The van der Waals surface area contributed by atoms with Gasteiger partial charge in [0.25, 0.3) is 0 Å².